The third-order valence-corrected chi connectivity index (χ3v) is 1.55. The molecule has 0 spiro atoms. The predicted molar refractivity (Wildman–Crippen MR) is 40.2 cm³/mol. The van der Waals surface area contributed by atoms with Crippen molar-refractivity contribution in [2.24, 2.45) is 0 Å². The molecule has 0 fully saturated rings. The van der Waals surface area contributed by atoms with Crippen LogP contribution in [0.5, 0.6) is 0 Å². The van der Waals surface area contributed by atoms with Crippen molar-refractivity contribution in [2.75, 3.05) is 0 Å². The molecule has 0 nitrogen and oxygen atoms in total. The molecule has 0 aliphatic heterocycles. The summed E-state index contributed by atoms with van der Waals surface area (Å²) in [7, 11) is 0. The fourth-order valence-corrected chi connectivity index (χ4v) is 0.946. The highest BCUT2D eigenvalue weighted by Crippen LogP contribution is 2.19. The number of rotatable bonds is 2. The van der Waals surface area contributed by atoms with Gasteiger partial charge in [-0.2, -0.15) is 0 Å². The molecule has 0 heterocycles. The van der Waals surface area contributed by atoms with Crippen LogP contribution in [0.3, 0.4) is 0 Å². The van der Waals surface area contributed by atoms with Crippen LogP contribution in [0.1, 0.15) is 5.56 Å². The average molecular weight is 190 g/mol. The van der Waals surface area contributed by atoms with Crippen molar-refractivity contribution in [3.05, 3.63) is 47.6 Å². The third kappa shape index (κ3) is 1.71. The Morgan fingerprint density at radius 2 is 1.54 bits per heavy atom. The average Bonchev–Trinajstić information content (AvgIpc) is 2.09. The molecule has 13 heavy (non-hydrogen) atoms. The summed E-state index contributed by atoms with van der Waals surface area (Å²) in [5, 5.41) is 0. The Kier molecular flexibility index (Phi) is 2.70. The van der Waals surface area contributed by atoms with E-state index in [1.807, 2.05) is 0 Å². The summed E-state index contributed by atoms with van der Waals surface area (Å²) in [6.07, 6.45) is 0.923. The lowest BCUT2D eigenvalue weighted by molar-refractivity contribution is 0.442. The van der Waals surface area contributed by atoms with Crippen molar-refractivity contribution in [3.8, 4) is 0 Å². The molecule has 0 saturated heterocycles. The topological polar surface area (TPSA) is 0 Å². The van der Waals surface area contributed by atoms with Crippen molar-refractivity contribution in [1.29, 1.82) is 0 Å². The van der Waals surface area contributed by atoms with E-state index in [4.69, 9.17) is 0 Å². The highest BCUT2D eigenvalue weighted by Gasteiger charge is 2.17. The highest BCUT2D eigenvalue weighted by atomic mass is 19.2. The van der Waals surface area contributed by atoms with Crippen molar-refractivity contribution >= 4 is 0 Å². The zero-order valence-electron chi connectivity index (χ0n) is 6.58. The SMILES string of the molecule is C=CCc1c(F)c(F)cc(F)c1F. The van der Waals surface area contributed by atoms with E-state index in [0.29, 0.717) is 0 Å². The van der Waals surface area contributed by atoms with E-state index in [0.717, 1.165) is 0 Å². The quantitative estimate of drug-likeness (QED) is 0.382. The molecule has 0 saturated carbocycles. The predicted octanol–water partition coefficient (Wildman–Crippen LogP) is 2.97. The lowest BCUT2D eigenvalue weighted by Crippen LogP contribution is -2.01. The maximum Gasteiger partial charge on any atom is 0.165 e. The van der Waals surface area contributed by atoms with Crippen LogP contribution in [0.25, 0.3) is 0 Å². The first-order chi connectivity index (χ1) is 6.07. The van der Waals surface area contributed by atoms with Crippen molar-refractivity contribution in [3.63, 3.8) is 0 Å². The molecule has 0 aliphatic rings. The molecule has 0 N–H and O–H groups in total. The van der Waals surface area contributed by atoms with Gasteiger partial charge in [-0.15, -0.1) is 6.58 Å². The summed E-state index contributed by atoms with van der Waals surface area (Å²) in [6.45, 7) is 3.22. The van der Waals surface area contributed by atoms with Gasteiger partial charge in [0, 0.05) is 11.6 Å². The van der Waals surface area contributed by atoms with E-state index in [1.54, 1.807) is 0 Å². The molecule has 4 heteroatoms. The zero-order valence-corrected chi connectivity index (χ0v) is 6.58. The first kappa shape index (κ1) is 9.77. The molecule has 0 aromatic heterocycles. The molecule has 0 radical (unpaired) electrons. The maximum atomic E-state index is 12.8. The van der Waals surface area contributed by atoms with Gasteiger partial charge < -0.3 is 0 Å². The standard InChI is InChI=1S/C9H6F4/c1-2-3-5-8(12)6(10)4-7(11)9(5)13/h2,4H,1,3H2. The third-order valence-electron chi connectivity index (χ3n) is 1.55. The summed E-state index contributed by atoms with van der Waals surface area (Å²) < 4.78 is 50.7. The molecule has 0 unspecified atom stereocenters. The molecule has 0 bridgehead atoms. The van der Waals surface area contributed by atoms with Gasteiger partial charge in [-0.05, 0) is 6.42 Å². The first-order valence-electron chi connectivity index (χ1n) is 3.50. The van der Waals surface area contributed by atoms with Gasteiger partial charge in [0.1, 0.15) is 0 Å². The number of hydrogen-bond donors (Lipinski definition) is 0. The maximum absolute atomic E-state index is 12.8. The molecule has 70 valence electrons. The monoisotopic (exact) mass is 190 g/mol. The molecule has 0 amide bonds. The smallest absolute Gasteiger partial charge is 0.165 e. The van der Waals surface area contributed by atoms with Crippen LogP contribution in [0.2, 0.25) is 0 Å². The Morgan fingerprint density at radius 3 is 1.92 bits per heavy atom. The molecule has 1 rings (SSSR count). The van der Waals surface area contributed by atoms with E-state index in [1.165, 1.54) is 6.08 Å². The minimum Gasteiger partial charge on any atom is -0.204 e. The van der Waals surface area contributed by atoms with Crippen LogP contribution in [0.15, 0.2) is 18.7 Å². The number of allylic oxidation sites excluding steroid dienone is 1. The van der Waals surface area contributed by atoms with Gasteiger partial charge in [0.15, 0.2) is 23.3 Å². The van der Waals surface area contributed by atoms with Crippen LogP contribution in [-0.2, 0) is 6.42 Å². The summed E-state index contributed by atoms with van der Waals surface area (Å²) in [5.41, 5.74) is -0.632. The lowest BCUT2D eigenvalue weighted by Gasteiger charge is -2.03. The van der Waals surface area contributed by atoms with Crippen molar-refractivity contribution in [1.82, 2.24) is 0 Å². The summed E-state index contributed by atoms with van der Waals surface area (Å²) in [5.74, 6) is -5.51. The van der Waals surface area contributed by atoms with Gasteiger partial charge in [0.25, 0.3) is 0 Å². The Bertz CT molecular complexity index is 318. The van der Waals surface area contributed by atoms with Crippen LogP contribution < -0.4 is 0 Å². The first-order valence-corrected chi connectivity index (χ1v) is 3.50. The summed E-state index contributed by atoms with van der Waals surface area (Å²) >= 11 is 0. The summed E-state index contributed by atoms with van der Waals surface area (Å²) in [6, 6.07) is 0.178. The molecule has 0 aliphatic carbocycles. The van der Waals surface area contributed by atoms with Crippen molar-refractivity contribution < 1.29 is 17.6 Å². The minimum absolute atomic E-state index is 0.178. The second-order valence-corrected chi connectivity index (χ2v) is 2.44. The van der Waals surface area contributed by atoms with Gasteiger partial charge >= 0.3 is 0 Å². The van der Waals surface area contributed by atoms with Crippen LogP contribution >= 0.6 is 0 Å². The van der Waals surface area contributed by atoms with Gasteiger partial charge in [-0.3, -0.25) is 0 Å². The van der Waals surface area contributed by atoms with E-state index >= 15 is 0 Å². The zero-order chi connectivity index (χ0) is 10.0. The largest absolute Gasteiger partial charge is 0.204 e. The van der Waals surface area contributed by atoms with E-state index in [2.05, 4.69) is 6.58 Å². The van der Waals surface area contributed by atoms with Gasteiger partial charge in [-0.25, -0.2) is 17.6 Å². The van der Waals surface area contributed by atoms with Crippen LogP contribution in [-0.4, -0.2) is 0 Å². The fourth-order valence-electron chi connectivity index (χ4n) is 0.946. The summed E-state index contributed by atoms with van der Waals surface area (Å²) in [4.78, 5) is 0. The second-order valence-electron chi connectivity index (χ2n) is 2.44. The van der Waals surface area contributed by atoms with E-state index in [9.17, 15) is 17.6 Å². The Morgan fingerprint density at radius 1 is 1.08 bits per heavy atom. The molecule has 0 atom stereocenters. The van der Waals surface area contributed by atoms with Crippen LogP contribution in [0, 0.1) is 23.3 Å². The molecule has 1 aromatic carbocycles. The Labute approximate surface area is 72.5 Å². The molecule has 1 aromatic rings. The van der Waals surface area contributed by atoms with E-state index < -0.39 is 28.8 Å². The normalized spacial score (nSPS) is 10.2. The van der Waals surface area contributed by atoms with Crippen LogP contribution in [0.4, 0.5) is 17.6 Å². The second kappa shape index (κ2) is 3.60. The number of halogens is 4. The number of benzene rings is 1. The minimum atomic E-state index is -1.39. The van der Waals surface area contributed by atoms with Gasteiger partial charge in [0.2, 0.25) is 0 Å². The highest BCUT2D eigenvalue weighted by molar-refractivity contribution is 5.24. The lowest BCUT2D eigenvalue weighted by atomic mass is 10.1. The fraction of sp³-hybridized carbons (Fsp3) is 0.111. The molecular weight excluding hydrogens is 184 g/mol. The van der Waals surface area contributed by atoms with Crippen molar-refractivity contribution in [2.45, 2.75) is 6.42 Å². The molecular formula is C9H6F4. The Hall–Kier alpha value is -1.32. The van der Waals surface area contributed by atoms with E-state index in [-0.39, 0.29) is 12.5 Å². The van der Waals surface area contributed by atoms with Gasteiger partial charge in [-0.1, -0.05) is 6.08 Å². The van der Waals surface area contributed by atoms with Gasteiger partial charge in [0.05, 0.1) is 0 Å². The Balaban J connectivity index is 3.36. The number of hydrogen-bond acceptors (Lipinski definition) is 0.